The lowest BCUT2D eigenvalue weighted by molar-refractivity contribution is -0.189. The van der Waals surface area contributed by atoms with Crippen molar-refractivity contribution in [2.45, 2.75) is 33.2 Å². The van der Waals surface area contributed by atoms with Crippen LogP contribution in [0.5, 0.6) is 0 Å². The molecule has 2 atom stereocenters. The van der Waals surface area contributed by atoms with Crippen LogP contribution in [0.2, 0.25) is 0 Å². The molecule has 7 nitrogen and oxygen atoms in total. The highest BCUT2D eigenvalue weighted by Crippen LogP contribution is 2.37. The summed E-state index contributed by atoms with van der Waals surface area (Å²) in [6.07, 6.45) is 0.654. The van der Waals surface area contributed by atoms with E-state index in [-0.39, 0.29) is 5.92 Å². The summed E-state index contributed by atoms with van der Waals surface area (Å²) < 4.78 is 14.8. The number of likely N-dealkylation sites (N-methyl/N-ethyl adjacent to an activating group) is 1. The minimum Gasteiger partial charge on any atom is -0.369 e. The zero-order valence-electron chi connectivity index (χ0n) is 10.5. The van der Waals surface area contributed by atoms with Gasteiger partial charge < -0.3 is 9.36 Å². The second kappa shape index (κ2) is 7.08. The third-order valence-corrected chi connectivity index (χ3v) is 2.91. The lowest BCUT2D eigenvalue weighted by Gasteiger charge is -2.30. The quantitative estimate of drug-likeness (QED) is 0.524. The lowest BCUT2D eigenvalue weighted by Crippen LogP contribution is -2.45. The Morgan fingerprint density at radius 3 is 2.24 bits per heavy atom. The Balaban J connectivity index is 4.91. The summed E-state index contributed by atoms with van der Waals surface area (Å²) in [5.74, 6) is -1.12. The first-order valence-corrected chi connectivity index (χ1v) is 6.89. The molecule has 0 heterocycles. The zero-order valence-corrected chi connectivity index (χ0v) is 11.4. The van der Waals surface area contributed by atoms with Crippen LogP contribution < -0.4 is 0 Å². The van der Waals surface area contributed by atoms with Gasteiger partial charge in [0.1, 0.15) is 6.04 Å². The molecule has 0 aromatic rings. The van der Waals surface area contributed by atoms with Gasteiger partial charge in [0.15, 0.2) is 0 Å². The number of phosphoric acid groups is 1. The van der Waals surface area contributed by atoms with Crippen molar-refractivity contribution in [1.82, 2.24) is 5.06 Å². The molecule has 0 aliphatic rings. The number of phosphoric ester groups is 1. The second-order valence-corrected chi connectivity index (χ2v) is 4.81. The van der Waals surface area contributed by atoms with Gasteiger partial charge in [0.05, 0.1) is 7.11 Å². The summed E-state index contributed by atoms with van der Waals surface area (Å²) in [6, 6.07) is -0.831. The van der Waals surface area contributed by atoms with Crippen molar-refractivity contribution in [3.05, 3.63) is 0 Å². The Morgan fingerprint density at radius 2 is 1.94 bits per heavy atom. The summed E-state index contributed by atoms with van der Waals surface area (Å²) in [6.45, 7) is 5.82. The van der Waals surface area contributed by atoms with Crippen LogP contribution in [0.4, 0.5) is 0 Å². The molecule has 2 N–H and O–H groups in total. The molecule has 17 heavy (non-hydrogen) atoms. The molecule has 0 saturated carbocycles. The fourth-order valence-corrected chi connectivity index (χ4v) is 1.81. The Hall–Kier alpha value is -0.460. The van der Waals surface area contributed by atoms with Crippen LogP contribution in [-0.4, -0.2) is 40.5 Å². The molecule has 102 valence electrons. The Bertz CT molecular complexity index is 287. The van der Waals surface area contributed by atoms with Crippen molar-refractivity contribution in [2.75, 3.05) is 13.7 Å². The molecule has 0 rings (SSSR count). The maximum absolute atomic E-state index is 11.7. The molecule has 0 fully saturated rings. The fourth-order valence-electron chi connectivity index (χ4n) is 1.47. The van der Waals surface area contributed by atoms with Crippen molar-refractivity contribution in [3.63, 3.8) is 0 Å². The van der Waals surface area contributed by atoms with Gasteiger partial charge in [-0.05, 0) is 5.92 Å². The minimum absolute atomic E-state index is 0.144. The molecular formula is C9H20NO6P. The molecule has 0 aromatic carbocycles. The number of carbonyl (C=O) groups excluding carboxylic acids is 1. The number of rotatable bonds is 7. The highest BCUT2D eigenvalue weighted by molar-refractivity contribution is 7.46. The highest BCUT2D eigenvalue weighted by atomic mass is 31.2. The maximum atomic E-state index is 11.7. The first kappa shape index (κ1) is 16.5. The SMILES string of the molecule is CC[C@H](C)[C@@H](C(=O)OP(=O)(O)O)N(CC)OC. The van der Waals surface area contributed by atoms with Crippen LogP contribution in [-0.2, 0) is 18.7 Å². The number of hydroxylamine groups is 2. The van der Waals surface area contributed by atoms with Crippen LogP contribution in [0.25, 0.3) is 0 Å². The average Bonchev–Trinajstić information content (AvgIpc) is 2.21. The summed E-state index contributed by atoms with van der Waals surface area (Å²) >= 11 is 0. The van der Waals surface area contributed by atoms with E-state index in [1.807, 2.05) is 6.92 Å². The molecule has 0 bridgehead atoms. The summed E-state index contributed by atoms with van der Waals surface area (Å²) in [5.41, 5.74) is 0. The third kappa shape index (κ3) is 5.61. The monoisotopic (exact) mass is 269 g/mol. The maximum Gasteiger partial charge on any atom is 0.527 e. The number of hydrogen-bond acceptors (Lipinski definition) is 5. The topological polar surface area (TPSA) is 96.3 Å². The van der Waals surface area contributed by atoms with E-state index in [9.17, 15) is 9.36 Å². The van der Waals surface area contributed by atoms with E-state index in [0.29, 0.717) is 13.0 Å². The van der Waals surface area contributed by atoms with Crippen molar-refractivity contribution in [3.8, 4) is 0 Å². The molecule has 0 saturated heterocycles. The third-order valence-electron chi connectivity index (χ3n) is 2.49. The van der Waals surface area contributed by atoms with Crippen molar-refractivity contribution in [2.24, 2.45) is 5.92 Å². The number of hydrogen-bond donors (Lipinski definition) is 2. The van der Waals surface area contributed by atoms with Gasteiger partial charge in [-0.2, -0.15) is 5.06 Å². The largest absolute Gasteiger partial charge is 0.527 e. The van der Waals surface area contributed by atoms with Crippen molar-refractivity contribution >= 4 is 13.8 Å². The second-order valence-electron chi connectivity index (χ2n) is 3.65. The molecule has 0 radical (unpaired) electrons. The fraction of sp³-hybridized carbons (Fsp3) is 0.889. The van der Waals surface area contributed by atoms with Gasteiger partial charge in [-0.25, -0.2) is 9.36 Å². The first-order valence-electron chi connectivity index (χ1n) is 5.36. The average molecular weight is 269 g/mol. The Morgan fingerprint density at radius 1 is 1.41 bits per heavy atom. The lowest BCUT2D eigenvalue weighted by atomic mass is 9.99. The van der Waals surface area contributed by atoms with Crippen LogP contribution in [0, 0.1) is 5.92 Å². The predicted molar refractivity (Wildman–Crippen MR) is 60.8 cm³/mol. The van der Waals surface area contributed by atoms with E-state index in [0.717, 1.165) is 0 Å². The minimum atomic E-state index is -4.82. The van der Waals surface area contributed by atoms with Gasteiger partial charge in [0.2, 0.25) is 0 Å². The number of carbonyl (C=O) groups is 1. The molecule has 0 aliphatic heterocycles. The highest BCUT2D eigenvalue weighted by Gasteiger charge is 2.35. The number of nitrogens with zero attached hydrogens (tertiary/aromatic N) is 1. The first-order chi connectivity index (χ1) is 7.76. The Labute approximate surface area is 101 Å². The van der Waals surface area contributed by atoms with Gasteiger partial charge in [0, 0.05) is 6.54 Å². The van der Waals surface area contributed by atoms with Crippen LogP contribution in [0.3, 0.4) is 0 Å². The standard InChI is InChI=1S/C9H20NO6P/c1-5-7(3)8(10(6-2)15-4)9(11)16-17(12,13)14/h7-8H,5-6H2,1-4H3,(H2,12,13,14)/t7-,8-/m0/s1. The van der Waals surface area contributed by atoms with Crippen molar-refractivity contribution in [1.29, 1.82) is 0 Å². The summed E-state index contributed by atoms with van der Waals surface area (Å²) in [7, 11) is -3.43. The zero-order chi connectivity index (χ0) is 13.6. The molecule has 0 amide bonds. The van der Waals surface area contributed by atoms with Gasteiger partial charge >= 0.3 is 13.8 Å². The molecule has 0 aromatic heterocycles. The van der Waals surface area contributed by atoms with E-state index < -0.39 is 19.8 Å². The molecule has 8 heteroatoms. The molecular weight excluding hydrogens is 249 g/mol. The summed E-state index contributed by atoms with van der Waals surface area (Å²) in [4.78, 5) is 33.9. The smallest absolute Gasteiger partial charge is 0.369 e. The van der Waals surface area contributed by atoms with Crippen LogP contribution in [0.1, 0.15) is 27.2 Å². The Kier molecular flexibility index (Phi) is 6.89. The van der Waals surface area contributed by atoms with E-state index in [2.05, 4.69) is 4.52 Å². The normalized spacial score (nSPS) is 15.7. The van der Waals surface area contributed by atoms with E-state index in [1.54, 1.807) is 13.8 Å². The van der Waals surface area contributed by atoms with E-state index in [1.165, 1.54) is 12.2 Å². The van der Waals surface area contributed by atoms with E-state index in [4.69, 9.17) is 14.6 Å². The summed E-state index contributed by atoms with van der Waals surface area (Å²) in [5, 5.41) is 1.34. The van der Waals surface area contributed by atoms with Crippen LogP contribution in [0.15, 0.2) is 0 Å². The van der Waals surface area contributed by atoms with Gasteiger partial charge in [-0.3, -0.25) is 9.79 Å². The van der Waals surface area contributed by atoms with Gasteiger partial charge in [-0.1, -0.05) is 27.2 Å². The molecule has 0 aliphatic carbocycles. The van der Waals surface area contributed by atoms with Gasteiger partial charge in [0.25, 0.3) is 0 Å². The van der Waals surface area contributed by atoms with Crippen LogP contribution >= 0.6 is 7.82 Å². The molecule has 0 unspecified atom stereocenters. The predicted octanol–water partition coefficient (Wildman–Crippen LogP) is 0.920. The van der Waals surface area contributed by atoms with Gasteiger partial charge in [-0.15, -0.1) is 0 Å². The molecule has 0 spiro atoms. The van der Waals surface area contributed by atoms with Crippen molar-refractivity contribution < 1.29 is 28.5 Å². The van der Waals surface area contributed by atoms with E-state index >= 15 is 0 Å².